The van der Waals surface area contributed by atoms with Gasteiger partial charge in [0.05, 0.1) is 31.1 Å². The molecule has 1 aliphatic heterocycles. The Bertz CT molecular complexity index is 1650. The van der Waals surface area contributed by atoms with Crippen LogP contribution in [0.3, 0.4) is 0 Å². The number of piperazine rings is 1. The Kier molecular flexibility index (Phi) is 10.4. The summed E-state index contributed by atoms with van der Waals surface area (Å²) < 4.78 is 28.0. The van der Waals surface area contributed by atoms with Crippen LogP contribution in [0.4, 0.5) is 0 Å². The van der Waals surface area contributed by atoms with Gasteiger partial charge in [-0.25, -0.2) is 23.2 Å². The molecule has 3 unspecified atom stereocenters. The van der Waals surface area contributed by atoms with Crippen LogP contribution >= 0.6 is 11.6 Å². The van der Waals surface area contributed by atoms with Crippen molar-refractivity contribution in [2.75, 3.05) is 27.2 Å². The van der Waals surface area contributed by atoms with E-state index in [1.165, 1.54) is 48.6 Å². The number of nitrogens with one attached hydrogen (secondary N) is 2. The van der Waals surface area contributed by atoms with E-state index >= 15 is 0 Å². The van der Waals surface area contributed by atoms with Crippen molar-refractivity contribution in [3.63, 3.8) is 0 Å². The molecule has 1 fully saturated rings. The molecule has 1 aromatic carbocycles. The summed E-state index contributed by atoms with van der Waals surface area (Å²) in [6, 6.07) is 5.44. The second-order valence-corrected chi connectivity index (χ2v) is 12.2. The van der Waals surface area contributed by atoms with Crippen molar-refractivity contribution in [2.45, 2.75) is 24.9 Å². The minimum atomic E-state index is -4.21. The van der Waals surface area contributed by atoms with Gasteiger partial charge in [-0.2, -0.15) is 4.31 Å². The minimum Gasteiger partial charge on any atom is -0.627 e. The fourth-order valence-corrected chi connectivity index (χ4v) is 6.12. The van der Waals surface area contributed by atoms with Gasteiger partial charge in [0.25, 0.3) is 5.91 Å². The molecule has 1 saturated heterocycles. The van der Waals surface area contributed by atoms with Crippen molar-refractivity contribution < 1.29 is 33.0 Å². The fraction of sp³-hybridized carbons (Fsp3) is 0.286. The van der Waals surface area contributed by atoms with Crippen molar-refractivity contribution in [2.24, 2.45) is 0 Å². The van der Waals surface area contributed by atoms with Gasteiger partial charge in [-0.3, -0.25) is 14.6 Å². The number of amides is 3. The van der Waals surface area contributed by atoms with E-state index in [1.807, 2.05) is 0 Å². The monoisotopic (exact) mass is 643 g/mol. The van der Waals surface area contributed by atoms with E-state index in [4.69, 9.17) is 11.6 Å². The molecule has 1 aliphatic rings. The lowest BCUT2D eigenvalue weighted by molar-refractivity contribution is -0.741. The number of nitrogens with zero attached hydrogens (tertiary/aromatic N) is 5. The number of aromatic nitrogens is 3. The van der Waals surface area contributed by atoms with Crippen LogP contribution in [0.15, 0.2) is 60.5 Å². The first-order chi connectivity index (χ1) is 20.9. The number of pyridine rings is 1. The lowest BCUT2D eigenvalue weighted by Crippen LogP contribution is -3.07. The van der Waals surface area contributed by atoms with E-state index in [1.54, 1.807) is 24.5 Å². The summed E-state index contributed by atoms with van der Waals surface area (Å²) in [4.78, 5) is 52.8. The molecular formula is C28H30ClN7O7S. The summed E-state index contributed by atoms with van der Waals surface area (Å²) in [5, 5.41) is 24.9. The van der Waals surface area contributed by atoms with E-state index in [2.05, 4.69) is 20.3 Å². The van der Waals surface area contributed by atoms with Crippen LogP contribution in [0.2, 0.25) is 5.02 Å². The maximum Gasteiger partial charge on any atom is 0.313 e. The zero-order chi connectivity index (χ0) is 32.0. The van der Waals surface area contributed by atoms with Crippen molar-refractivity contribution in [1.82, 2.24) is 29.5 Å². The molecule has 0 aliphatic carbocycles. The third kappa shape index (κ3) is 7.81. The lowest BCUT2D eigenvalue weighted by Gasteiger charge is -2.45. The first kappa shape index (κ1) is 32.6. The van der Waals surface area contributed by atoms with Gasteiger partial charge in [-0.05, 0) is 36.4 Å². The second kappa shape index (κ2) is 14.0. The largest absolute Gasteiger partial charge is 0.627 e. The summed E-state index contributed by atoms with van der Waals surface area (Å²) in [6.07, 6.45) is 6.15. The van der Waals surface area contributed by atoms with Gasteiger partial charge in [0.2, 0.25) is 15.9 Å². The van der Waals surface area contributed by atoms with Gasteiger partial charge in [-0.1, -0.05) is 11.6 Å². The molecule has 3 N–H and O–H groups in total. The first-order valence-electron chi connectivity index (χ1n) is 13.4. The number of quaternary nitrogens is 1. The van der Waals surface area contributed by atoms with Gasteiger partial charge in [0.1, 0.15) is 5.75 Å². The van der Waals surface area contributed by atoms with E-state index in [0.29, 0.717) is 11.4 Å². The van der Waals surface area contributed by atoms with Crippen LogP contribution in [0, 0.1) is 5.21 Å². The number of carbonyl (C=O) groups excluding carboxylic acids is 3. The Morgan fingerprint density at radius 2 is 1.75 bits per heavy atom. The molecule has 232 valence electrons. The summed E-state index contributed by atoms with van der Waals surface area (Å²) in [5.74, 6) is -1.82. The number of halogens is 1. The van der Waals surface area contributed by atoms with Crippen molar-refractivity contribution >= 4 is 45.4 Å². The quantitative estimate of drug-likeness (QED) is 0.276. The maximum atomic E-state index is 13.9. The van der Waals surface area contributed by atoms with E-state index < -0.39 is 51.3 Å². The van der Waals surface area contributed by atoms with Crippen LogP contribution in [0.5, 0.6) is 5.75 Å². The molecule has 3 atom stereocenters. The molecule has 0 radical (unpaired) electrons. The summed E-state index contributed by atoms with van der Waals surface area (Å²) >= 11 is 5.86. The van der Waals surface area contributed by atoms with Gasteiger partial charge in [-0.15, -0.1) is 0 Å². The van der Waals surface area contributed by atoms with Gasteiger partial charge in [0.15, 0.2) is 5.82 Å². The molecule has 3 heterocycles. The predicted molar refractivity (Wildman–Crippen MR) is 160 cm³/mol. The molecule has 14 nitrogen and oxygen atoms in total. The van der Waals surface area contributed by atoms with Crippen molar-refractivity contribution in [3.05, 3.63) is 81.9 Å². The summed E-state index contributed by atoms with van der Waals surface area (Å²) in [5.41, 5.74) is 0.895. The molecular weight excluding hydrogens is 614 g/mol. The highest BCUT2D eigenvalue weighted by molar-refractivity contribution is 7.92. The molecule has 0 spiro atoms. The summed E-state index contributed by atoms with van der Waals surface area (Å²) in [7, 11) is -1.73. The highest BCUT2D eigenvalue weighted by Crippen LogP contribution is 2.28. The van der Waals surface area contributed by atoms with E-state index in [9.17, 15) is 33.1 Å². The molecule has 2 aromatic heterocycles. The highest BCUT2D eigenvalue weighted by Gasteiger charge is 2.43. The average Bonchev–Trinajstić information content (AvgIpc) is 3.00. The van der Waals surface area contributed by atoms with E-state index in [0.717, 1.165) is 16.8 Å². The van der Waals surface area contributed by atoms with E-state index in [-0.39, 0.29) is 41.4 Å². The number of hydrogen-bond donors (Lipinski definition) is 3. The normalized spacial score (nSPS) is 18.2. The second-order valence-electron chi connectivity index (χ2n) is 9.98. The third-order valence-corrected chi connectivity index (χ3v) is 8.71. The van der Waals surface area contributed by atoms with Crippen LogP contribution in [0.25, 0.3) is 17.5 Å². The number of hydroxylamine groups is 2. The Morgan fingerprint density at radius 1 is 1.11 bits per heavy atom. The van der Waals surface area contributed by atoms with Gasteiger partial charge in [0, 0.05) is 72.9 Å². The maximum absolute atomic E-state index is 13.9. The molecule has 0 saturated carbocycles. The molecule has 3 aromatic rings. The predicted octanol–water partition coefficient (Wildman–Crippen LogP) is 0.459. The van der Waals surface area contributed by atoms with Crippen LogP contribution < -0.4 is 10.4 Å². The summed E-state index contributed by atoms with van der Waals surface area (Å²) in [6.45, 7) is -0.636. The Labute approximate surface area is 258 Å². The Balaban J connectivity index is 1.69. The molecule has 44 heavy (non-hydrogen) atoms. The topological polar surface area (TPSA) is 190 Å². The highest BCUT2D eigenvalue weighted by atomic mass is 35.5. The number of phenolic OH excluding ortho intramolecular Hbond substituents is 1. The standard InChI is InChI=1S/C28H30ClN7O7S/c1-30-25(38)12-22-16-35(44(42,43)10-7-18-3-4-21(29)11-24(18)37)17-23(13-26(39)34(2)41)36(22)28(40)20-14-32-27(33-15-20)19-5-8-31-9-6-19/h3-11,14-15,22-23,34,37H,12-13,16-17H2,1-2H3,(H,30,38). The SMILES string of the molecule is CNC(=O)CC1CN(S(=O)(=O)C=Cc2ccc(Cl)cc2O)CC(CC(=O)[NH+](C)[O-])N1C(=O)c1cnc(-c2ccncc2)nc1. The number of benzene rings is 1. The first-order valence-corrected chi connectivity index (χ1v) is 15.2. The fourth-order valence-electron chi connectivity index (χ4n) is 4.70. The zero-order valence-corrected chi connectivity index (χ0v) is 25.3. The van der Waals surface area contributed by atoms with Crippen LogP contribution in [-0.4, -0.2) is 94.7 Å². The third-order valence-electron chi connectivity index (χ3n) is 6.97. The Hall–Kier alpha value is -4.28. The molecule has 4 rings (SSSR count). The van der Waals surface area contributed by atoms with Gasteiger partial charge < -0.3 is 25.6 Å². The molecule has 3 amide bonds. The number of sulfonamides is 1. The smallest absolute Gasteiger partial charge is 0.313 e. The van der Waals surface area contributed by atoms with Crippen LogP contribution in [-0.2, 0) is 19.6 Å². The number of rotatable bonds is 9. The van der Waals surface area contributed by atoms with Gasteiger partial charge >= 0.3 is 5.91 Å². The Morgan fingerprint density at radius 3 is 2.34 bits per heavy atom. The lowest BCUT2D eigenvalue weighted by atomic mass is 10.00. The number of carbonyl (C=O) groups is 3. The zero-order valence-electron chi connectivity index (χ0n) is 23.8. The van der Waals surface area contributed by atoms with Crippen molar-refractivity contribution in [3.8, 4) is 17.1 Å². The van der Waals surface area contributed by atoms with Crippen molar-refractivity contribution in [1.29, 1.82) is 0 Å². The number of aromatic hydroxyl groups is 1. The number of phenols is 1. The average molecular weight is 644 g/mol. The number of hydrogen-bond acceptors (Lipinski definition) is 10. The molecule has 0 bridgehead atoms. The minimum absolute atomic E-state index is 0.0411. The van der Waals surface area contributed by atoms with Crippen LogP contribution in [0.1, 0.15) is 28.8 Å². The molecule has 16 heteroatoms.